The number of aromatic nitrogens is 2. The summed E-state index contributed by atoms with van der Waals surface area (Å²) in [6, 6.07) is 3.48. The highest BCUT2D eigenvalue weighted by Crippen LogP contribution is 2.25. The summed E-state index contributed by atoms with van der Waals surface area (Å²) >= 11 is 0. The van der Waals surface area contributed by atoms with E-state index in [1.165, 1.54) is 37.7 Å². The van der Waals surface area contributed by atoms with Crippen molar-refractivity contribution in [1.29, 1.82) is 0 Å². The van der Waals surface area contributed by atoms with E-state index in [0.717, 1.165) is 4.68 Å². The summed E-state index contributed by atoms with van der Waals surface area (Å²) in [5, 5.41) is 13.3. The third-order valence-corrected chi connectivity index (χ3v) is 2.52. The van der Waals surface area contributed by atoms with E-state index in [1.807, 2.05) is 0 Å². The lowest BCUT2D eigenvalue weighted by atomic mass is 10.1. The predicted molar refractivity (Wildman–Crippen MR) is 65.3 cm³/mol. The van der Waals surface area contributed by atoms with Crippen LogP contribution in [-0.4, -0.2) is 33.8 Å². The molecule has 0 spiro atoms. The summed E-state index contributed by atoms with van der Waals surface area (Å²) in [5.41, 5.74) is 5.22. The molecule has 2 aromatic rings. The first-order valence-electron chi connectivity index (χ1n) is 5.29. The van der Waals surface area contributed by atoms with Crippen LogP contribution < -0.4 is 10.5 Å². The molecule has 1 aromatic heterocycles. The summed E-state index contributed by atoms with van der Waals surface area (Å²) in [6.07, 6.45) is 2.40. The number of benzene rings is 1. The van der Waals surface area contributed by atoms with Crippen LogP contribution in [0.2, 0.25) is 0 Å². The lowest BCUT2D eigenvalue weighted by Crippen LogP contribution is -2.19. The minimum atomic E-state index is -0.797. The largest absolute Gasteiger partial charge is 0.507 e. The van der Waals surface area contributed by atoms with Gasteiger partial charge in [-0.1, -0.05) is 0 Å². The third-order valence-electron chi connectivity index (χ3n) is 2.52. The van der Waals surface area contributed by atoms with Crippen LogP contribution in [0.3, 0.4) is 0 Å². The second-order valence-electron chi connectivity index (χ2n) is 3.72. The molecule has 0 bridgehead atoms. The van der Waals surface area contributed by atoms with E-state index in [2.05, 4.69) is 5.10 Å². The monoisotopic (exact) mass is 261 g/mol. The van der Waals surface area contributed by atoms with Crippen LogP contribution in [0, 0.1) is 0 Å². The van der Waals surface area contributed by atoms with Crippen molar-refractivity contribution in [2.45, 2.75) is 0 Å². The Morgan fingerprint density at radius 1 is 1.42 bits per heavy atom. The Bertz CT molecular complexity index is 648. The number of carbonyl (C=O) groups is 2. The molecule has 0 unspecified atom stereocenters. The zero-order chi connectivity index (χ0) is 14.0. The van der Waals surface area contributed by atoms with Gasteiger partial charge in [-0.2, -0.15) is 9.78 Å². The van der Waals surface area contributed by atoms with E-state index < -0.39 is 11.8 Å². The number of nitrogens with two attached hydrogens (primary N) is 1. The van der Waals surface area contributed by atoms with Crippen molar-refractivity contribution in [2.75, 3.05) is 7.11 Å². The first-order valence-corrected chi connectivity index (χ1v) is 5.29. The van der Waals surface area contributed by atoms with Gasteiger partial charge in [0, 0.05) is 6.20 Å². The molecule has 7 heteroatoms. The molecule has 1 aromatic carbocycles. The second-order valence-corrected chi connectivity index (χ2v) is 3.72. The number of hydrogen-bond acceptors (Lipinski definition) is 5. The Morgan fingerprint density at radius 2 is 2.16 bits per heavy atom. The maximum atomic E-state index is 12.2. The number of phenols is 1. The summed E-state index contributed by atoms with van der Waals surface area (Å²) in [5.74, 6) is -0.232. The Kier molecular flexibility index (Phi) is 3.19. The van der Waals surface area contributed by atoms with Gasteiger partial charge in [0.05, 0.1) is 24.4 Å². The van der Waals surface area contributed by atoms with Gasteiger partial charge in [-0.15, -0.1) is 0 Å². The van der Waals surface area contributed by atoms with Crippen molar-refractivity contribution in [3.8, 4) is 11.5 Å². The molecule has 0 saturated heterocycles. The number of hydrogen-bond donors (Lipinski definition) is 2. The maximum absolute atomic E-state index is 12.2. The average molecular weight is 261 g/mol. The molecule has 98 valence electrons. The van der Waals surface area contributed by atoms with Gasteiger partial charge >= 0.3 is 6.03 Å². The van der Waals surface area contributed by atoms with Gasteiger partial charge in [-0.05, 0) is 18.2 Å². The van der Waals surface area contributed by atoms with Gasteiger partial charge in [0.25, 0.3) is 0 Å². The minimum Gasteiger partial charge on any atom is -0.507 e. The fourth-order valence-corrected chi connectivity index (χ4v) is 1.54. The molecule has 3 N–H and O–H groups in total. The van der Waals surface area contributed by atoms with E-state index in [9.17, 15) is 14.7 Å². The molecule has 0 aliphatic heterocycles. The number of rotatable bonds is 3. The number of methoxy groups -OCH3 is 1. The fourth-order valence-electron chi connectivity index (χ4n) is 1.54. The van der Waals surface area contributed by atoms with Gasteiger partial charge in [0.1, 0.15) is 11.5 Å². The minimum absolute atomic E-state index is 0.0587. The van der Waals surface area contributed by atoms with E-state index in [0.29, 0.717) is 5.75 Å². The van der Waals surface area contributed by atoms with Crippen LogP contribution in [0.4, 0.5) is 4.79 Å². The summed E-state index contributed by atoms with van der Waals surface area (Å²) in [7, 11) is 1.45. The summed E-state index contributed by atoms with van der Waals surface area (Å²) in [6.45, 7) is 0. The molecular weight excluding hydrogens is 250 g/mol. The van der Waals surface area contributed by atoms with Crippen molar-refractivity contribution in [1.82, 2.24) is 9.78 Å². The molecular formula is C12H11N3O4. The molecule has 0 saturated carbocycles. The number of carbonyl (C=O) groups excluding carboxylic acids is 2. The van der Waals surface area contributed by atoms with Crippen molar-refractivity contribution >= 4 is 11.8 Å². The molecule has 1 amide bonds. The zero-order valence-corrected chi connectivity index (χ0v) is 10.0. The number of amides is 1. The van der Waals surface area contributed by atoms with Crippen molar-refractivity contribution in [2.24, 2.45) is 5.73 Å². The average Bonchev–Trinajstić information content (AvgIpc) is 2.88. The normalized spacial score (nSPS) is 10.2. The molecule has 0 atom stereocenters. The van der Waals surface area contributed by atoms with Crippen LogP contribution in [-0.2, 0) is 0 Å². The van der Waals surface area contributed by atoms with Gasteiger partial charge in [-0.3, -0.25) is 4.79 Å². The van der Waals surface area contributed by atoms with E-state index in [-0.39, 0.29) is 16.9 Å². The highest BCUT2D eigenvalue weighted by Gasteiger charge is 2.17. The van der Waals surface area contributed by atoms with E-state index >= 15 is 0 Å². The van der Waals surface area contributed by atoms with Crippen molar-refractivity contribution in [3.05, 3.63) is 41.7 Å². The molecule has 0 fully saturated rings. The number of aromatic hydroxyl groups is 1. The second kappa shape index (κ2) is 4.81. The first-order chi connectivity index (χ1) is 9.02. The zero-order valence-electron chi connectivity index (χ0n) is 10.0. The maximum Gasteiger partial charge on any atom is 0.339 e. The molecule has 1 heterocycles. The molecule has 0 radical (unpaired) electrons. The molecule has 19 heavy (non-hydrogen) atoms. The summed E-state index contributed by atoms with van der Waals surface area (Å²) in [4.78, 5) is 23.0. The number of phenolic OH excluding ortho intramolecular Hbond substituents is 1. The quantitative estimate of drug-likeness (QED) is 0.793. The Balaban J connectivity index is 2.40. The molecule has 0 aliphatic rings. The Labute approximate surface area is 108 Å². The van der Waals surface area contributed by atoms with Gasteiger partial charge in [-0.25, -0.2) is 4.79 Å². The molecule has 0 aliphatic carbocycles. The van der Waals surface area contributed by atoms with Crippen LogP contribution in [0.5, 0.6) is 11.5 Å². The highest BCUT2D eigenvalue weighted by molar-refractivity contribution is 6.10. The van der Waals surface area contributed by atoms with Gasteiger partial charge in [0.15, 0.2) is 5.78 Å². The van der Waals surface area contributed by atoms with Crippen LogP contribution in [0.15, 0.2) is 30.6 Å². The Morgan fingerprint density at radius 3 is 2.74 bits per heavy atom. The van der Waals surface area contributed by atoms with E-state index in [4.69, 9.17) is 10.5 Å². The standard InChI is InChI=1S/C12H11N3O4/c1-19-8-2-3-10(16)9(4-8)11(17)7-5-14-15(6-7)12(13)18/h2-6,16H,1H3,(H2,13,18). The number of ether oxygens (including phenoxy) is 1. The number of nitrogens with zero attached hydrogens (tertiary/aromatic N) is 2. The topological polar surface area (TPSA) is 107 Å². The number of ketones is 1. The van der Waals surface area contributed by atoms with Crippen LogP contribution in [0.1, 0.15) is 15.9 Å². The van der Waals surface area contributed by atoms with Gasteiger partial charge in [0.2, 0.25) is 0 Å². The molecule has 2 rings (SSSR count). The Hall–Kier alpha value is -2.83. The predicted octanol–water partition coefficient (Wildman–Crippen LogP) is 0.755. The third kappa shape index (κ3) is 2.39. The van der Waals surface area contributed by atoms with E-state index in [1.54, 1.807) is 0 Å². The van der Waals surface area contributed by atoms with Crippen LogP contribution in [0.25, 0.3) is 0 Å². The lowest BCUT2D eigenvalue weighted by molar-refractivity contribution is 0.103. The fraction of sp³-hybridized carbons (Fsp3) is 0.0833. The first kappa shape index (κ1) is 12.6. The van der Waals surface area contributed by atoms with Gasteiger partial charge < -0.3 is 15.6 Å². The summed E-state index contributed by atoms with van der Waals surface area (Å²) < 4.78 is 5.82. The SMILES string of the molecule is COc1ccc(O)c(C(=O)c2cnn(C(N)=O)c2)c1. The lowest BCUT2D eigenvalue weighted by Gasteiger charge is -2.05. The van der Waals surface area contributed by atoms with Crippen molar-refractivity contribution in [3.63, 3.8) is 0 Å². The highest BCUT2D eigenvalue weighted by atomic mass is 16.5. The smallest absolute Gasteiger partial charge is 0.339 e. The molecule has 7 nitrogen and oxygen atoms in total. The number of primary amides is 1. The van der Waals surface area contributed by atoms with Crippen LogP contribution >= 0.6 is 0 Å². The van der Waals surface area contributed by atoms with Crippen molar-refractivity contribution < 1.29 is 19.4 Å².